The first-order chi connectivity index (χ1) is 52.9. The quantitative estimate of drug-likeness (QED) is 0.00971. The largest absolute Gasteiger partial charge is 2.00 e. The van der Waals surface area contributed by atoms with E-state index in [2.05, 4.69) is 4.52 Å². The summed E-state index contributed by atoms with van der Waals surface area (Å²) in [7, 11) is -40.4. The van der Waals surface area contributed by atoms with Crippen LogP contribution in [0.25, 0.3) is 0 Å². The molecular formula is C65H84Cl8Fe4O33P8. The van der Waals surface area contributed by atoms with Crippen molar-refractivity contribution >= 4 is 155 Å². The van der Waals surface area contributed by atoms with Gasteiger partial charge in [-0.05, 0) is 0 Å². The summed E-state index contributed by atoms with van der Waals surface area (Å²) >= 11 is 45.4. The van der Waals surface area contributed by atoms with Crippen LogP contribution in [0.15, 0.2) is 170 Å². The summed E-state index contributed by atoms with van der Waals surface area (Å²) in [5.74, 6) is 0. The average Bonchev–Trinajstić information content (AvgIpc) is 0.882. The van der Waals surface area contributed by atoms with Crippen molar-refractivity contribution in [3.05, 3.63) is 232 Å². The first-order valence-electron chi connectivity index (χ1n) is 32.5. The molecule has 8 aromatic rings. The zero-order valence-electron chi connectivity index (χ0n) is 62.3. The van der Waals surface area contributed by atoms with Gasteiger partial charge in [-0.15, -0.1) is 139 Å². The zero-order valence-corrected chi connectivity index (χ0v) is 79.9. The van der Waals surface area contributed by atoms with E-state index in [1.54, 1.807) is 0 Å². The third kappa shape index (κ3) is 52.5. The standard InChI is InChI=1S/C45H68Cl4O33P8.4C5H4Cl.4Fe/c1-42(22-50,23-73-84(53,54)68-18-34-6-10-38(46)14-34)24-74-88(61,62)78-30-44(3,27-76-86(57,58)70-20-36-8-12-40(48)16-36)31-81-90(65,66)82-33-45(4,28-77-87(59,60)71-21-37-9-13-41(49)17-37)32-80-89(63,64)79-29-43(2,25-72-83(51,52)67-5)26-75-85(55,56)69-19-35-7-11-39(47)15-35;4*6-5-3-1-2-4-5;;;;/h6-17,50H,18-33H2,1-5H3,(H,51,52)(H,53,54)(H,55,56)(H,57,58)(H,59,60)(H,61,62)(H,63,64)(H,65,66);4*1-4H;;;;/q-4;4*-1;4*+2. The van der Waals surface area contributed by atoms with Crippen molar-refractivity contribution in [2.45, 2.75) is 54.1 Å². The molecule has 0 aliphatic heterocycles. The van der Waals surface area contributed by atoms with E-state index >= 15 is 0 Å². The van der Waals surface area contributed by atoms with E-state index in [1.165, 1.54) is 79.7 Å². The van der Waals surface area contributed by atoms with Crippen molar-refractivity contribution in [3.8, 4) is 0 Å². The average molecular weight is 2150 g/mol. The second kappa shape index (κ2) is 55.8. The van der Waals surface area contributed by atoms with Crippen LogP contribution in [0.4, 0.5) is 0 Å². The van der Waals surface area contributed by atoms with Gasteiger partial charge >= 0.3 is 131 Å². The second-order valence-electron chi connectivity index (χ2n) is 25.6. The second-order valence-corrected chi connectivity index (χ2v) is 40.8. The molecule has 0 saturated heterocycles. The van der Waals surface area contributed by atoms with E-state index in [-0.39, 0.29) is 78.3 Å². The van der Waals surface area contributed by atoms with E-state index in [9.17, 15) is 80.8 Å². The van der Waals surface area contributed by atoms with Crippen LogP contribution >= 0.6 is 155 Å². The number of hydrogen-bond acceptors (Lipinski definition) is 25. The number of aliphatic hydroxyl groups is 1. The van der Waals surface area contributed by atoms with E-state index in [4.69, 9.17) is 161 Å². The van der Waals surface area contributed by atoms with Gasteiger partial charge in [0.15, 0.2) is 0 Å². The number of hydrogen-bond donors (Lipinski definition) is 9. The Morgan fingerprint density at radius 1 is 0.271 bits per heavy atom. The Hall–Kier alpha value is 0.0379. The summed E-state index contributed by atoms with van der Waals surface area (Å²) in [6, 6.07) is 47.4. The number of rotatable bonds is 47. The summed E-state index contributed by atoms with van der Waals surface area (Å²) in [5, 5.41) is 14.5. The van der Waals surface area contributed by atoms with Gasteiger partial charge in [0.2, 0.25) is 0 Å². The molecule has 118 heavy (non-hydrogen) atoms. The SMILES string of the molecule is COP(=O)(O)OCC(C)(COP(=O)(O)OCc1ccc(Cl)[cH-]1)COP(=O)(O)OCC(C)(COP(=O)(O)OCc1ccc(Cl)[cH-]1)COP(=O)(O)OCC(C)(COP(=O)(O)OCc1ccc(Cl)[cH-]1)COP(=O)(O)OCC(C)(CO)COP(=O)(O)OCc1ccc(Cl)[cH-]1.Clc1ccc[cH-]1.Clc1ccc[cH-]1.Clc1ccc[cH-]1.Clc1ccc[cH-]1.[Fe+2].[Fe+2].[Fe+2].[Fe+2]. The van der Waals surface area contributed by atoms with Gasteiger partial charge in [-0.25, -0.2) is 85.1 Å². The maximum atomic E-state index is 13.7. The topological polar surface area (TPSA) is 466 Å². The predicted octanol–water partition coefficient (Wildman–Crippen LogP) is 19.2. The molecule has 8 aromatic carbocycles. The third-order valence-corrected chi connectivity index (χ3v) is 23.4. The number of phosphoric ester groups is 8. The third-order valence-electron chi connectivity index (χ3n) is 14.1. The molecule has 0 amide bonds. The molecule has 0 aliphatic rings. The van der Waals surface area contributed by atoms with Crippen LogP contribution in [0.3, 0.4) is 0 Å². The van der Waals surface area contributed by atoms with Crippen molar-refractivity contribution in [2.24, 2.45) is 21.7 Å². The Kier molecular flexibility index (Phi) is 55.8. The maximum Gasteiger partial charge on any atom is 2.00 e. The number of aliphatic hydroxyl groups excluding tert-OH is 1. The first-order valence-corrected chi connectivity index (χ1v) is 47.5. The fourth-order valence-corrected chi connectivity index (χ4v) is 16.2. The van der Waals surface area contributed by atoms with Crippen LogP contribution in [0.5, 0.6) is 0 Å². The molecule has 9 N–H and O–H groups in total. The molecule has 12 unspecified atom stereocenters. The van der Waals surface area contributed by atoms with Gasteiger partial charge in [0.25, 0.3) is 0 Å². The maximum absolute atomic E-state index is 13.7. The van der Waals surface area contributed by atoms with Gasteiger partial charge in [0.1, 0.15) is 0 Å². The molecule has 33 nitrogen and oxygen atoms in total. The molecule has 670 valence electrons. The molecule has 0 aliphatic carbocycles. The van der Waals surface area contributed by atoms with Crippen molar-refractivity contribution in [1.29, 1.82) is 0 Å². The molecule has 0 aromatic heterocycles. The van der Waals surface area contributed by atoms with Crippen LogP contribution < -0.4 is 0 Å². The molecule has 0 radical (unpaired) electrons. The van der Waals surface area contributed by atoms with E-state index < -0.39 is 190 Å². The Morgan fingerprint density at radius 2 is 0.441 bits per heavy atom. The monoisotopic (exact) mass is 2140 g/mol. The number of halogens is 8. The number of phosphoric acid groups is 8. The fourth-order valence-electron chi connectivity index (χ4n) is 7.66. The molecule has 12 atom stereocenters. The smallest absolute Gasteiger partial charge is 0.396 e. The van der Waals surface area contributed by atoms with Crippen molar-refractivity contribution in [1.82, 2.24) is 0 Å². The molecule has 0 saturated carbocycles. The predicted molar refractivity (Wildman–Crippen MR) is 426 cm³/mol. The fraction of sp³-hybridized carbons (Fsp3) is 0.385. The first kappa shape index (κ1) is 118. The van der Waals surface area contributed by atoms with Gasteiger partial charge in [0, 0.05) is 28.8 Å². The summed E-state index contributed by atoms with van der Waals surface area (Å²) in [5.41, 5.74) is -6.41. The van der Waals surface area contributed by atoms with Crippen LogP contribution in [-0.4, -0.2) is 131 Å². The molecule has 0 fully saturated rings. The minimum Gasteiger partial charge on any atom is -0.396 e. The van der Waals surface area contributed by atoms with Crippen molar-refractivity contribution in [2.75, 3.05) is 86.4 Å². The van der Waals surface area contributed by atoms with Crippen LogP contribution in [0.2, 0.25) is 40.2 Å². The summed E-state index contributed by atoms with van der Waals surface area (Å²) in [4.78, 5) is 84.6. The zero-order chi connectivity index (χ0) is 85.4. The van der Waals surface area contributed by atoms with Gasteiger partial charge in [-0.1, -0.05) is 67.9 Å². The molecular weight excluding hydrogens is 2060 g/mol. The molecule has 8 rings (SSSR count). The normalized spacial score (nSPS) is 17.4. The Labute approximate surface area is 764 Å². The minimum absolute atomic E-state index is 0. The Balaban J connectivity index is 0.00000414. The van der Waals surface area contributed by atoms with Crippen LogP contribution in [0, 0.1) is 21.7 Å². The van der Waals surface area contributed by atoms with Gasteiger partial charge < -0.3 is 44.3 Å². The van der Waals surface area contributed by atoms with Gasteiger partial charge in [0.05, 0.1) is 106 Å². The molecule has 0 heterocycles. The summed E-state index contributed by atoms with van der Waals surface area (Å²) < 4.78 is 185. The molecule has 0 spiro atoms. The van der Waals surface area contributed by atoms with E-state index in [1.807, 2.05) is 97.1 Å². The minimum atomic E-state index is -5.57. The van der Waals surface area contributed by atoms with Crippen LogP contribution in [-0.2, 0) is 204 Å². The Morgan fingerprint density at radius 3 is 0.568 bits per heavy atom. The van der Waals surface area contributed by atoms with Crippen LogP contribution in [0.1, 0.15) is 49.9 Å². The summed E-state index contributed by atoms with van der Waals surface area (Å²) in [6.07, 6.45) is 0. The van der Waals surface area contributed by atoms with E-state index in [0.29, 0.717) is 32.3 Å². The van der Waals surface area contributed by atoms with Crippen molar-refractivity contribution in [3.63, 3.8) is 0 Å². The molecule has 0 bridgehead atoms. The van der Waals surface area contributed by atoms with Gasteiger partial charge in [-0.2, -0.15) is 97.1 Å². The van der Waals surface area contributed by atoms with Gasteiger partial charge in [-0.3, -0.25) is 72.4 Å². The van der Waals surface area contributed by atoms with Crippen molar-refractivity contribution < 1.29 is 221 Å². The summed E-state index contributed by atoms with van der Waals surface area (Å²) in [6.45, 7) is -9.85. The Bertz CT molecular complexity index is 4360. The van der Waals surface area contributed by atoms with E-state index in [0.717, 1.165) is 48.0 Å². The molecule has 53 heteroatoms.